The van der Waals surface area contributed by atoms with Crippen LogP contribution in [0, 0.1) is 0 Å². The van der Waals surface area contributed by atoms with Gasteiger partial charge in [-0.3, -0.25) is 5.32 Å². The molecule has 1 N–H and O–H groups in total. The van der Waals surface area contributed by atoms with Crippen molar-refractivity contribution in [2.75, 3.05) is 19.4 Å². The van der Waals surface area contributed by atoms with Crippen LogP contribution in [0.5, 0.6) is 0 Å². The van der Waals surface area contributed by atoms with E-state index in [1.807, 2.05) is 35.7 Å². The highest BCUT2D eigenvalue weighted by molar-refractivity contribution is 7.13. The Morgan fingerprint density at radius 1 is 1.15 bits per heavy atom. The molecule has 0 saturated carbocycles. The number of quaternary nitrogens is 1. The molecule has 0 aliphatic carbocycles. The largest absolute Gasteiger partial charge is 0.445 e. The zero-order valence-corrected chi connectivity index (χ0v) is 15.7. The number of anilines is 1. The summed E-state index contributed by atoms with van der Waals surface area (Å²) in [5.41, 5.74) is 1.82. The molecule has 1 aromatic carbocycles. The number of piperidine rings is 1. The molecule has 0 spiro atoms. The number of benzene rings is 1. The van der Waals surface area contributed by atoms with Crippen molar-refractivity contribution in [2.45, 2.75) is 43.2 Å². The molecule has 1 unspecified atom stereocenters. The summed E-state index contributed by atoms with van der Waals surface area (Å²) in [6.45, 7) is 0. The number of likely N-dealkylation sites (N-methyl/N-ethyl adjacent to an activating group) is 1. The number of thiophene rings is 1. The molecule has 2 aromatic rings. The van der Waals surface area contributed by atoms with Crippen LogP contribution in [0.2, 0.25) is 0 Å². The molecule has 1 aromatic heterocycles. The predicted octanol–water partition coefficient (Wildman–Crippen LogP) is 3.72. The lowest BCUT2D eigenvalue weighted by molar-refractivity contribution is -0.938. The molecule has 3 saturated heterocycles. The van der Waals surface area contributed by atoms with Gasteiger partial charge in [-0.1, -0.05) is 24.3 Å². The summed E-state index contributed by atoms with van der Waals surface area (Å²) in [6, 6.07) is 12.8. The number of ether oxygens (including phenoxy) is 2. The van der Waals surface area contributed by atoms with Gasteiger partial charge in [0.05, 0.1) is 19.8 Å². The first kappa shape index (κ1) is 16.3. The van der Waals surface area contributed by atoms with E-state index in [-0.39, 0.29) is 12.2 Å². The third-order valence-electron chi connectivity index (χ3n) is 6.26. The monoisotopic (exact) mass is 371 g/mol. The number of epoxide rings is 1. The number of amides is 1. The molecule has 3 fully saturated rings. The molecular weight excluding hydrogens is 348 g/mol. The summed E-state index contributed by atoms with van der Waals surface area (Å²) >= 11 is 1.66. The Kier molecular flexibility index (Phi) is 3.64. The van der Waals surface area contributed by atoms with Gasteiger partial charge in [0.2, 0.25) is 0 Å². The maximum absolute atomic E-state index is 12.5. The zero-order valence-electron chi connectivity index (χ0n) is 14.9. The number of nitrogens with one attached hydrogen (secondary N) is 1. The number of carbonyl (C=O) groups is 1. The number of carbonyl (C=O) groups excluding carboxylic acids is 1. The average Bonchev–Trinajstić information content (AvgIpc) is 3.16. The predicted molar refractivity (Wildman–Crippen MR) is 101 cm³/mol. The summed E-state index contributed by atoms with van der Waals surface area (Å²) in [4.78, 5) is 13.7. The SMILES string of the molecule is C[N+]1(C)[C@@H]2CC(OC(=O)Nc3ccccc3-c3cccs3)C[C@H]1[C@H]1O[C@H]12. The molecule has 5 nitrogen and oxygen atoms in total. The van der Waals surface area contributed by atoms with Crippen molar-refractivity contribution in [1.29, 1.82) is 0 Å². The van der Waals surface area contributed by atoms with Crippen LogP contribution in [-0.2, 0) is 9.47 Å². The third-order valence-corrected chi connectivity index (χ3v) is 7.17. The van der Waals surface area contributed by atoms with Gasteiger partial charge < -0.3 is 14.0 Å². The molecule has 136 valence electrons. The number of hydrogen-bond acceptors (Lipinski definition) is 4. The van der Waals surface area contributed by atoms with Crippen LogP contribution in [0.1, 0.15) is 12.8 Å². The van der Waals surface area contributed by atoms with Crippen molar-refractivity contribution in [3.8, 4) is 10.4 Å². The second-order valence-electron chi connectivity index (χ2n) is 7.98. The standard InChI is InChI=1S/C20H22N2O3S/c1-22(2)15-10-12(11-16(22)19-18(15)25-19)24-20(23)21-14-7-4-3-6-13(14)17-8-5-9-26-17/h3-9,12,15-16,18-19H,10-11H2,1-2H3/p+1/t12?,15-,16+,18+,19-. The van der Waals surface area contributed by atoms with Crippen molar-refractivity contribution in [2.24, 2.45) is 0 Å². The quantitative estimate of drug-likeness (QED) is 0.661. The minimum Gasteiger partial charge on any atom is -0.445 e. The Labute approximate surface area is 157 Å². The lowest BCUT2D eigenvalue weighted by atomic mass is 9.96. The number of morpholine rings is 1. The third kappa shape index (κ3) is 2.55. The van der Waals surface area contributed by atoms with Crippen LogP contribution in [0.15, 0.2) is 41.8 Å². The van der Waals surface area contributed by atoms with Gasteiger partial charge in [0, 0.05) is 23.3 Å². The average molecular weight is 371 g/mol. The van der Waals surface area contributed by atoms with E-state index >= 15 is 0 Å². The first-order chi connectivity index (χ1) is 12.5. The fourth-order valence-electron chi connectivity index (χ4n) is 4.83. The molecule has 5 rings (SSSR count). The molecule has 6 heteroatoms. The van der Waals surface area contributed by atoms with Crippen molar-refractivity contribution in [1.82, 2.24) is 0 Å². The highest BCUT2D eigenvalue weighted by Crippen LogP contribution is 2.51. The minimum atomic E-state index is -0.361. The minimum absolute atomic E-state index is 0.0264. The highest BCUT2D eigenvalue weighted by atomic mass is 32.1. The number of rotatable bonds is 3. The molecular formula is C20H23N2O3S+. The van der Waals surface area contributed by atoms with Crippen molar-refractivity contribution >= 4 is 23.1 Å². The van der Waals surface area contributed by atoms with Crippen molar-refractivity contribution < 1.29 is 18.8 Å². The molecule has 26 heavy (non-hydrogen) atoms. The zero-order chi connectivity index (χ0) is 17.9. The summed E-state index contributed by atoms with van der Waals surface area (Å²) in [5, 5.41) is 4.99. The summed E-state index contributed by atoms with van der Waals surface area (Å²) in [5.74, 6) is 0. The van der Waals surface area contributed by atoms with E-state index in [0.717, 1.165) is 33.5 Å². The van der Waals surface area contributed by atoms with Gasteiger partial charge in [0.25, 0.3) is 0 Å². The molecule has 3 aliphatic rings. The Hall–Kier alpha value is -1.89. The molecule has 5 atom stereocenters. The molecule has 3 aliphatic heterocycles. The van der Waals surface area contributed by atoms with Crippen LogP contribution in [0.3, 0.4) is 0 Å². The highest BCUT2D eigenvalue weighted by Gasteiger charge is 2.70. The van der Waals surface area contributed by atoms with Gasteiger partial charge in [-0.05, 0) is 17.5 Å². The van der Waals surface area contributed by atoms with Crippen LogP contribution in [0.25, 0.3) is 10.4 Å². The van der Waals surface area contributed by atoms with Crippen LogP contribution in [-0.4, -0.2) is 55.1 Å². The Morgan fingerprint density at radius 3 is 2.58 bits per heavy atom. The van der Waals surface area contributed by atoms with Gasteiger partial charge in [-0.15, -0.1) is 11.3 Å². The van der Waals surface area contributed by atoms with Gasteiger partial charge in [-0.2, -0.15) is 0 Å². The van der Waals surface area contributed by atoms with Crippen LogP contribution >= 0.6 is 11.3 Å². The second kappa shape index (κ2) is 5.81. The summed E-state index contributed by atoms with van der Waals surface area (Å²) in [7, 11) is 4.55. The van der Waals surface area contributed by atoms with E-state index in [2.05, 4.69) is 25.5 Å². The topological polar surface area (TPSA) is 50.9 Å². The Balaban J connectivity index is 1.27. The van der Waals surface area contributed by atoms with Crippen molar-refractivity contribution in [3.05, 3.63) is 41.8 Å². The first-order valence-electron chi connectivity index (χ1n) is 9.13. The van der Waals surface area contributed by atoms with Crippen LogP contribution < -0.4 is 5.32 Å². The van der Waals surface area contributed by atoms with Crippen molar-refractivity contribution in [3.63, 3.8) is 0 Å². The maximum atomic E-state index is 12.5. The second-order valence-corrected chi connectivity index (χ2v) is 8.92. The molecule has 0 radical (unpaired) electrons. The lowest BCUT2D eigenvalue weighted by Gasteiger charge is -2.45. The number of fused-ring (bicyclic) bond motifs is 5. The van der Waals surface area contributed by atoms with E-state index < -0.39 is 0 Å². The smallest absolute Gasteiger partial charge is 0.411 e. The fourth-order valence-corrected chi connectivity index (χ4v) is 5.60. The number of para-hydroxylation sites is 1. The molecule has 2 bridgehead atoms. The van der Waals surface area contributed by atoms with E-state index in [0.29, 0.717) is 24.3 Å². The molecule has 4 heterocycles. The lowest BCUT2D eigenvalue weighted by Crippen LogP contribution is -2.60. The van der Waals surface area contributed by atoms with Gasteiger partial charge in [-0.25, -0.2) is 4.79 Å². The summed E-state index contributed by atoms with van der Waals surface area (Å²) < 4.78 is 12.6. The van der Waals surface area contributed by atoms with E-state index in [4.69, 9.17) is 9.47 Å². The van der Waals surface area contributed by atoms with E-state index in [1.165, 1.54) is 0 Å². The van der Waals surface area contributed by atoms with Gasteiger partial charge >= 0.3 is 6.09 Å². The first-order valence-corrected chi connectivity index (χ1v) is 10.0. The van der Waals surface area contributed by atoms with Gasteiger partial charge in [0.15, 0.2) is 0 Å². The molecule has 1 amide bonds. The Bertz CT molecular complexity index is 815. The fraction of sp³-hybridized carbons (Fsp3) is 0.450. The van der Waals surface area contributed by atoms with Crippen LogP contribution in [0.4, 0.5) is 10.5 Å². The van der Waals surface area contributed by atoms with E-state index in [9.17, 15) is 4.79 Å². The maximum Gasteiger partial charge on any atom is 0.411 e. The summed E-state index contributed by atoms with van der Waals surface area (Å²) in [6.07, 6.45) is 2.11. The van der Waals surface area contributed by atoms with E-state index in [1.54, 1.807) is 11.3 Å². The number of hydrogen-bond donors (Lipinski definition) is 1. The number of nitrogens with zero attached hydrogens (tertiary/aromatic N) is 1. The Morgan fingerprint density at radius 2 is 1.88 bits per heavy atom. The normalized spacial score (nSPS) is 33.4. The van der Waals surface area contributed by atoms with Gasteiger partial charge in [0.1, 0.15) is 30.4 Å².